The monoisotopic (exact) mass is 239 g/mol. The van der Waals surface area contributed by atoms with Crippen LogP contribution in [0.1, 0.15) is 30.6 Å². The molecule has 4 N–H and O–H groups in total. The van der Waals surface area contributed by atoms with Gasteiger partial charge in [-0.3, -0.25) is 4.79 Å². The highest BCUT2D eigenvalue weighted by Gasteiger charge is 2.26. The number of benzene rings is 1. The van der Waals surface area contributed by atoms with Crippen molar-refractivity contribution in [1.82, 2.24) is 5.32 Å². The number of carbonyl (C=O) groups is 1. The van der Waals surface area contributed by atoms with E-state index in [2.05, 4.69) is 5.32 Å². The van der Waals surface area contributed by atoms with E-state index in [1.54, 1.807) is 6.92 Å². The molecule has 0 saturated carbocycles. The van der Waals surface area contributed by atoms with Gasteiger partial charge in [-0.05, 0) is 25.5 Å². The van der Waals surface area contributed by atoms with E-state index in [4.69, 9.17) is 0 Å². The Bertz CT molecular complexity index is 393. The molecule has 17 heavy (non-hydrogen) atoms. The van der Waals surface area contributed by atoms with Crippen LogP contribution in [0, 0.1) is 0 Å². The fraction of sp³-hybridized carbons (Fsp3) is 0.417. The summed E-state index contributed by atoms with van der Waals surface area (Å²) in [6, 6.07) is 4.07. The number of amides is 1. The van der Waals surface area contributed by atoms with Crippen LogP contribution in [0.3, 0.4) is 0 Å². The van der Waals surface area contributed by atoms with Gasteiger partial charge >= 0.3 is 0 Å². The Hall–Kier alpha value is -1.75. The fourth-order valence-electron chi connectivity index (χ4n) is 1.34. The predicted molar refractivity (Wildman–Crippen MR) is 63.0 cm³/mol. The molecule has 0 bridgehead atoms. The SMILES string of the molecule is CCC(C)(CO)NC(=O)c1c(O)cccc1O. The first kappa shape index (κ1) is 13.3. The van der Waals surface area contributed by atoms with Crippen molar-refractivity contribution in [2.75, 3.05) is 6.61 Å². The predicted octanol–water partition coefficient (Wildman–Crippen LogP) is 0.989. The summed E-state index contributed by atoms with van der Waals surface area (Å²) in [5.74, 6) is -1.20. The van der Waals surface area contributed by atoms with Gasteiger partial charge in [0.25, 0.3) is 5.91 Å². The summed E-state index contributed by atoms with van der Waals surface area (Å²) in [6.07, 6.45) is 0.531. The Morgan fingerprint density at radius 1 is 1.35 bits per heavy atom. The lowest BCUT2D eigenvalue weighted by molar-refractivity contribution is 0.0842. The number of hydrogen-bond acceptors (Lipinski definition) is 4. The third-order valence-electron chi connectivity index (χ3n) is 2.79. The highest BCUT2D eigenvalue weighted by Crippen LogP contribution is 2.26. The van der Waals surface area contributed by atoms with Gasteiger partial charge in [-0.25, -0.2) is 0 Å². The summed E-state index contributed by atoms with van der Waals surface area (Å²) in [6.45, 7) is 3.28. The molecule has 0 aliphatic carbocycles. The number of phenols is 2. The summed E-state index contributed by atoms with van der Waals surface area (Å²) >= 11 is 0. The Kier molecular flexibility index (Phi) is 3.96. The zero-order valence-corrected chi connectivity index (χ0v) is 9.90. The van der Waals surface area contributed by atoms with E-state index in [1.165, 1.54) is 18.2 Å². The van der Waals surface area contributed by atoms with Gasteiger partial charge in [0.1, 0.15) is 17.1 Å². The van der Waals surface area contributed by atoms with Gasteiger partial charge in [0.2, 0.25) is 0 Å². The van der Waals surface area contributed by atoms with Crippen molar-refractivity contribution < 1.29 is 20.1 Å². The summed E-state index contributed by atoms with van der Waals surface area (Å²) in [5.41, 5.74) is -0.952. The normalized spacial score (nSPS) is 14.1. The lowest BCUT2D eigenvalue weighted by atomic mass is 9.99. The van der Waals surface area contributed by atoms with Crippen molar-refractivity contribution in [3.8, 4) is 11.5 Å². The largest absolute Gasteiger partial charge is 0.507 e. The second-order valence-corrected chi connectivity index (χ2v) is 4.20. The summed E-state index contributed by atoms with van der Waals surface area (Å²) in [5, 5.41) is 30.8. The van der Waals surface area contributed by atoms with Gasteiger partial charge in [0, 0.05) is 0 Å². The molecule has 0 heterocycles. The minimum atomic E-state index is -0.772. The van der Waals surface area contributed by atoms with Crippen molar-refractivity contribution >= 4 is 5.91 Å². The van der Waals surface area contributed by atoms with Gasteiger partial charge in [-0.15, -0.1) is 0 Å². The number of hydrogen-bond donors (Lipinski definition) is 4. The van der Waals surface area contributed by atoms with Gasteiger partial charge < -0.3 is 20.6 Å². The Morgan fingerprint density at radius 2 is 1.88 bits per heavy atom. The molecule has 0 spiro atoms. The van der Waals surface area contributed by atoms with E-state index in [1.807, 2.05) is 6.92 Å². The molecule has 1 aromatic carbocycles. The van der Waals surface area contributed by atoms with Crippen LogP contribution in [-0.2, 0) is 0 Å². The topological polar surface area (TPSA) is 89.8 Å². The van der Waals surface area contributed by atoms with E-state index < -0.39 is 11.4 Å². The third kappa shape index (κ3) is 2.88. The zero-order chi connectivity index (χ0) is 13.1. The molecule has 0 fully saturated rings. The fourth-order valence-corrected chi connectivity index (χ4v) is 1.34. The van der Waals surface area contributed by atoms with Crippen LogP contribution in [0.25, 0.3) is 0 Å². The lowest BCUT2D eigenvalue weighted by Crippen LogP contribution is -2.48. The first-order valence-corrected chi connectivity index (χ1v) is 5.38. The number of aliphatic hydroxyl groups is 1. The first-order valence-electron chi connectivity index (χ1n) is 5.38. The van der Waals surface area contributed by atoms with E-state index in [0.717, 1.165) is 0 Å². The molecule has 1 rings (SSSR count). The highest BCUT2D eigenvalue weighted by molar-refractivity contribution is 5.99. The molecular formula is C12H17NO4. The van der Waals surface area contributed by atoms with Crippen LogP contribution in [-0.4, -0.2) is 33.4 Å². The quantitative estimate of drug-likeness (QED) is 0.630. The first-order chi connectivity index (χ1) is 7.93. The molecule has 0 aliphatic heterocycles. The second kappa shape index (κ2) is 5.05. The Morgan fingerprint density at radius 3 is 2.29 bits per heavy atom. The minimum Gasteiger partial charge on any atom is -0.507 e. The smallest absolute Gasteiger partial charge is 0.259 e. The number of aromatic hydroxyl groups is 2. The Balaban J connectivity index is 2.98. The zero-order valence-electron chi connectivity index (χ0n) is 9.90. The molecule has 94 valence electrons. The minimum absolute atomic E-state index is 0.180. The van der Waals surface area contributed by atoms with Crippen molar-refractivity contribution in [2.24, 2.45) is 0 Å². The van der Waals surface area contributed by atoms with Crippen LogP contribution in [0.4, 0.5) is 0 Å². The Labute approximate surface area is 99.7 Å². The van der Waals surface area contributed by atoms with Crippen LogP contribution in [0.15, 0.2) is 18.2 Å². The molecular weight excluding hydrogens is 222 g/mol. The second-order valence-electron chi connectivity index (χ2n) is 4.20. The van der Waals surface area contributed by atoms with E-state index in [9.17, 15) is 20.1 Å². The molecule has 0 radical (unpaired) electrons. The number of nitrogens with one attached hydrogen (secondary N) is 1. The standard InChI is InChI=1S/C12H17NO4/c1-3-12(2,7-14)13-11(17)10-8(15)5-4-6-9(10)16/h4-6,14-16H,3,7H2,1-2H3,(H,13,17). The maximum absolute atomic E-state index is 11.9. The molecule has 1 atom stereocenters. The van der Waals surface area contributed by atoms with Crippen molar-refractivity contribution in [3.05, 3.63) is 23.8 Å². The molecule has 5 heteroatoms. The maximum atomic E-state index is 11.9. The van der Waals surface area contributed by atoms with Crippen LogP contribution in [0.5, 0.6) is 11.5 Å². The van der Waals surface area contributed by atoms with Gasteiger partial charge in [0.15, 0.2) is 0 Å². The highest BCUT2D eigenvalue weighted by atomic mass is 16.3. The summed E-state index contributed by atoms with van der Waals surface area (Å²) in [7, 11) is 0. The van der Waals surface area contributed by atoms with Crippen molar-refractivity contribution in [2.45, 2.75) is 25.8 Å². The lowest BCUT2D eigenvalue weighted by Gasteiger charge is -2.27. The molecule has 0 aromatic heterocycles. The van der Waals surface area contributed by atoms with Crippen LogP contribution in [0.2, 0.25) is 0 Å². The molecule has 1 unspecified atom stereocenters. The summed E-state index contributed by atoms with van der Waals surface area (Å²) in [4.78, 5) is 11.9. The molecule has 1 aromatic rings. The summed E-state index contributed by atoms with van der Waals surface area (Å²) < 4.78 is 0. The average molecular weight is 239 g/mol. The van der Waals surface area contributed by atoms with E-state index >= 15 is 0 Å². The van der Waals surface area contributed by atoms with Gasteiger partial charge in [0.05, 0.1) is 12.1 Å². The molecule has 0 aliphatic rings. The number of phenolic OH excluding ortho intramolecular Hbond substituents is 2. The van der Waals surface area contributed by atoms with Crippen molar-refractivity contribution in [1.29, 1.82) is 0 Å². The van der Waals surface area contributed by atoms with E-state index in [-0.39, 0.29) is 23.7 Å². The molecule has 5 nitrogen and oxygen atoms in total. The van der Waals surface area contributed by atoms with Crippen LogP contribution >= 0.6 is 0 Å². The van der Waals surface area contributed by atoms with Crippen LogP contribution < -0.4 is 5.32 Å². The third-order valence-corrected chi connectivity index (χ3v) is 2.79. The van der Waals surface area contributed by atoms with Gasteiger partial charge in [-0.2, -0.15) is 0 Å². The number of carbonyl (C=O) groups excluding carboxylic acids is 1. The average Bonchev–Trinajstić information content (AvgIpc) is 2.28. The van der Waals surface area contributed by atoms with Crippen molar-refractivity contribution in [3.63, 3.8) is 0 Å². The molecule has 1 amide bonds. The van der Waals surface area contributed by atoms with Gasteiger partial charge in [-0.1, -0.05) is 13.0 Å². The number of rotatable bonds is 4. The molecule has 0 saturated heterocycles. The number of aliphatic hydroxyl groups excluding tert-OH is 1. The van der Waals surface area contributed by atoms with E-state index in [0.29, 0.717) is 6.42 Å². The maximum Gasteiger partial charge on any atom is 0.259 e.